The molecule has 0 unspecified atom stereocenters. The molecule has 0 aliphatic carbocycles. The maximum atomic E-state index is 13.4. The van der Waals surface area contributed by atoms with Gasteiger partial charge in [0.15, 0.2) is 0 Å². The molecule has 0 spiro atoms. The van der Waals surface area contributed by atoms with Crippen LogP contribution >= 0.6 is 0 Å². The highest BCUT2D eigenvalue weighted by atomic mass is 19.4. The number of amides is 1. The van der Waals surface area contributed by atoms with Crippen LogP contribution in [-0.4, -0.2) is 56.6 Å². The average Bonchev–Trinajstić information content (AvgIpc) is 3.32. The van der Waals surface area contributed by atoms with Gasteiger partial charge in [-0.25, -0.2) is 4.98 Å². The molecule has 33 heavy (non-hydrogen) atoms. The first-order chi connectivity index (χ1) is 15.9. The Morgan fingerprint density at radius 3 is 2.30 bits per heavy atom. The summed E-state index contributed by atoms with van der Waals surface area (Å²) in [7, 11) is 0. The fourth-order valence-electron chi connectivity index (χ4n) is 4.10. The van der Waals surface area contributed by atoms with Gasteiger partial charge in [-0.3, -0.25) is 4.79 Å². The molecule has 4 aromatic rings. The van der Waals surface area contributed by atoms with Crippen LogP contribution in [0.1, 0.15) is 15.9 Å². The number of alkyl halides is 3. The molecule has 10 heteroatoms. The number of carbonyl (C=O) groups excluding carboxylic acids is 1. The lowest BCUT2D eigenvalue weighted by Crippen LogP contribution is -2.49. The fourth-order valence-corrected chi connectivity index (χ4v) is 4.10. The van der Waals surface area contributed by atoms with Crippen molar-refractivity contribution in [3.63, 3.8) is 0 Å². The van der Waals surface area contributed by atoms with E-state index >= 15 is 0 Å². The van der Waals surface area contributed by atoms with Gasteiger partial charge in [0, 0.05) is 37.9 Å². The monoisotopic (exact) mass is 452 g/mol. The maximum Gasteiger partial charge on any atom is 0.417 e. The molecule has 168 valence electrons. The van der Waals surface area contributed by atoms with E-state index in [0.29, 0.717) is 18.9 Å². The molecule has 3 heterocycles. The van der Waals surface area contributed by atoms with Crippen molar-refractivity contribution in [3.8, 4) is 11.1 Å². The van der Waals surface area contributed by atoms with Gasteiger partial charge in [0.25, 0.3) is 11.7 Å². The number of hydrogen-bond acceptors (Lipinski definition) is 5. The van der Waals surface area contributed by atoms with Gasteiger partial charge in [-0.2, -0.15) is 27.8 Å². The van der Waals surface area contributed by atoms with Crippen molar-refractivity contribution in [2.24, 2.45) is 0 Å². The van der Waals surface area contributed by atoms with Gasteiger partial charge < -0.3 is 9.80 Å². The van der Waals surface area contributed by atoms with E-state index in [1.165, 1.54) is 29.4 Å². The number of benzene rings is 2. The fraction of sp³-hybridized carbons (Fsp3) is 0.217. The van der Waals surface area contributed by atoms with E-state index in [1.54, 1.807) is 10.7 Å². The van der Waals surface area contributed by atoms with Gasteiger partial charge in [-0.15, -0.1) is 0 Å². The topological polar surface area (TPSA) is 66.6 Å². The van der Waals surface area contributed by atoms with Crippen LogP contribution in [0.3, 0.4) is 0 Å². The zero-order valence-corrected chi connectivity index (χ0v) is 17.4. The normalized spacial score (nSPS) is 14.6. The number of rotatable bonds is 3. The average molecular weight is 452 g/mol. The lowest BCUT2D eigenvalue weighted by atomic mass is 10.0. The molecule has 0 atom stereocenters. The zero-order chi connectivity index (χ0) is 23.0. The number of piperazine rings is 1. The van der Waals surface area contributed by atoms with Gasteiger partial charge in [-0.05, 0) is 17.7 Å². The molecule has 7 nitrogen and oxygen atoms in total. The summed E-state index contributed by atoms with van der Waals surface area (Å²) in [5.74, 6) is 0.611. The van der Waals surface area contributed by atoms with Crippen molar-refractivity contribution in [2.75, 3.05) is 31.1 Å². The van der Waals surface area contributed by atoms with Crippen molar-refractivity contribution in [1.82, 2.24) is 24.5 Å². The summed E-state index contributed by atoms with van der Waals surface area (Å²) >= 11 is 0. The van der Waals surface area contributed by atoms with E-state index < -0.39 is 17.6 Å². The van der Waals surface area contributed by atoms with E-state index in [0.717, 1.165) is 23.0 Å². The van der Waals surface area contributed by atoms with E-state index in [-0.39, 0.29) is 18.7 Å². The Morgan fingerprint density at radius 2 is 1.58 bits per heavy atom. The quantitative estimate of drug-likeness (QED) is 0.474. The number of anilines is 1. The Labute approximate surface area is 187 Å². The molecule has 0 saturated carbocycles. The number of fused-ring (bicyclic) bond motifs is 1. The highest BCUT2D eigenvalue weighted by Gasteiger charge is 2.36. The third-order valence-electron chi connectivity index (χ3n) is 5.69. The second-order valence-electron chi connectivity index (χ2n) is 7.66. The van der Waals surface area contributed by atoms with Crippen LogP contribution in [0, 0.1) is 0 Å². The summed E-state index contributed by atoms with van der Waals surface area (Å²) < 4.78 is 41.8. The van der Waals surface area contributed by atoms with Crippen molar-refractivity contribution >= 4 is 17.5 Å². The molecule has 1 amide bonds. The largest absolute Gasteiger partial charge is 0.417 e. The summed E-state index contributed by atoms with van der Waals surface area (Å²) in [6.45, 7) is 1.41. The molecular formula is C23H19F3N6O. The second-order valence-corrected chi connectivity index (χ2v) is 7.66. The van der Waals surface area contributed by atoms with Gasteiger partial charge in [0.2, 0.25) is 0 Å². The highest BCUT2D eigenvalue weighted by Crippen LogP contribution is 2.33. The van der Waals surface area contributed by atoms with Crippen LogP contribution in [0.5, 0.6) is 0 Å². The SMILES string of the molecule is O=C(c1ccccc1C(F)(F)F)N1CCN(c2c(-c3ccccc3)cnc3ncnn23)CC1. The third-order valence-corrected chi connectivity index (χ3v) is 5.69. The van der Waals surface area contributed by atoms with Gasteiger partial charge in [-0.1, -0.05) is 42.5 Å². The third kappa shape index (κ3) is 3.88. The number of aromatic nitrogens is 4. The van der Waals surface area contributed by atoms with Crippen molar-refractivity contribution in [2.45, 2.75) is 6.18 Å². The number of halogens is 3. The van der Waals surface area contributed by atoms with Crippen LogP contribution in [-0.2, 0) is 6.18 Å². The summed E-state index contributed by atoms with van der Waals surface area (Å²) in [5, 5.41) is 4.32. The number of hydrogen-bond donors (Lipinski definition) is 0. The molecule has 2 aromatic heterocycles. The molecular weight excluding hydrogens is 433 g/mol. The molecule has 5 rings (SSSR count). The van der Waals surface area contributed by atoms with E-state index in [2.05, 4.69) is 20.0 Å². The molecule has 1 aliphatic heterocycles. The van der Waals surface area contributed by atoms with Crippen molar-refractivity contribution in [1.29, 1.82) is 0 Å². The molecule has 1 saturated heterocycles. The van der Waals surface area contributed by atoms with Crippen molar-refractivity contribution in [3.05, 3.63) is 78.2 Å². The van der Waals surface area contributed by atoms with Gasteiger partial charge >= 0.3 is 6.18 Å². The highest BCUT2D eigenvalue weighted by molar-refractivity contribution is 5.96. The lowest BCUT2D eigenvalue weighted by Gasteiger charge is -2.37. The summed E-state index contributed by atoms with van der Waals surface area (Å²) in [6, 6.07) is 14.6. The standard InChI is InChI=1S/C23H19F3N6O/c24-23(25,26)19-9-5-4-8-17(19)21(33)31-12-10-30(11-13-31)20-18(16-6-2-1-3-7-16)14-27-22-28-15-29-32(20)22/h1-9,14-15H,10-13H2. The van der Waals surface area contributed by atoms with E-state index in [4.69, 9.17) is 0 Å². The van der Waals surface area contributed by atoms with Crippen LogP contribution in [0.2, 0.25) is 0 Å². The summed E-state index contributed by atoms with van der Waals surface area (Å²) in [5.41, 5.74) is 0.569. The smallest absolute Gasteiger partial charge is 0.352 e. The minimum Gasteiger partial charge on any atom is -0.352 e. The van der Waals surface area contributed by atoms with Crippen molar-refractivity contribution < 1.29 is 18.0 Å². The van der Waals surface area contributed by atoms with Crippen LogP contribution in [0.15, 0.2) is 67.1 Å². The molecule has 2 aromatic carbocycles. The van der Waals surface area contributed by atoms with Gasteiger partial charge in [0.05, 0.1) is 11.1 Å². The van der Waals surface area contributed by atoms with Crippen LogP contribution in [0.4, 0.5) is 19.0 Å². The Hall–Kier alpha value is -3.95. The summed E-state index contributed by atoms with van der Waals surface area (Å²) in [6.07, 6.45) is -1.42. The molecule has 0 bridgehead atoms. The Morgan fingerprint density at radius 1 is 0.879 bits per heavy atom. The first-order valence-corrected chi connectivity index (χ1v) is 10.4. The van der Waals surface area contributed by atoms with E-state index in [9.17, 15) is 18.0 Å². The minimum absolute atomic E-state index is 0.276. The molecule has 1 aliphatic rings. The first kappa shape index (κ1) is 20.9. The molecule has 0 N–H and O–H groups in total. The van der Waals surface area contributed by atoms with E-state index in [1.807, 2.05) is 30.3 Å². The van der Waals surface area contributed by atoms with Crippen LogP contribution in [0.25, 0.3) is 16.9 Å². The molecule has 0 radical (unpaired) electrons. The minimum atomic E-state index is -4.59. The Bertz CT molecular complexity index is 1300. The second kappa shape index (κ2) is 8.19. The maximum absolute atomic E-state index is 13.4. The Balaban J connectivity index is 1.43. The first-order valence-electron chi connectivity index (χ1n) is 10.4. The van der Waals surface area contributed by atoms with Crippen LogP contribution < -0.4 is 4.90 Å². The predicted molar refractivity (Wildman–Crippen MR) is 116 cm³/mol. The molecule has 1 fully saturated rings. The number of nitrogens with zero attached hydrogens (tertiary/aromatic N) is 6. The zero-order valence-electron chi connectivity index (χ0n) is 17.4. The van der Waals surface area contributed by atoms with Gasteiger partial charge in [0.1, 0.15) is 12.1 Å². The summed E-state index contributed by atoms with van der Waals surface area (Å²) in [4.78, 5) is 25.0. The number of carbonyl (C=O) groups is 1. The lowest BCUT2D eigenvalue weighted by molar-refractivity contribution is -0.138. The predicted octanol–water partition coefficient (Wildman–Crippen LogP) is 3.77. The Kier molecular flexibility index (Phi) is 5.20.